The van der Waals surface area contributed by atoms with E-state index in [9.17, 15) is 0 Å². The molecule has 0 heterocycles. The van der Waals surface area contributed by atoms with Crippen molar-refractivity contribution in [3.8, 4) is 0 Å². The number of hydrogen-bond donors (Lipinski definition) is 1. The van der Waals surface area contributed by atoms with E-state index in [1.165, 1.54) is 26.7 Å². The minimum Gasteiger partial charge on any atom is -0.330 e. The highest BCUT2D eigenvalue weighted by Gasteiger charge is 2.11. The van der Waals surface area contributed by atoms with Gasteiger partial charge in [0.05, 0.1) is 0 Å². The molecule has 2 N–H and O–H groups in total. The number of nitrogens with two attached hydrogens (primary N) is 1. The zero-order valence-electron chi connectivity index (χ0n) is 12.2. The van der Waals surface area contributed by atoms with Gasteiger partial charge in [-0.25, -0.2) is 0 Å². The lowest BCUT2D eigenvalue weighted by atomic mass is 9.91. The Kier molecular flexibility index (Phi) is 5.38. The van der Waals surface area contributed by atoms with Crippen LogP contribution in [-0.4, -0.2) is 6.54 Å². The molecule has 106 valence electrons. The van der Waals surface area contributed by atoms with Crippen LogP contribution in [0, 0.1) is 19.8 Å². The van der Waals surface area contributed by atoms with Crippen molar-refractivity contribution < 1.29 is 0 Å². The molecule has 2 aromatic rings. The molecule has 1 nitrogen and oxygen atoms in total. The van der Waals surface area contributed by atoms with E-state index in [2.05, 4.69) is 72.2 Å². The summed E-state index contributed by atoms with van der Waals surface area (Å²) in [6.45, 7) is 5.03. The van der Waals surface area contributed by atoms with Gasteiger partial charge in [-0.15, -0.1) is 0 Å². The maximum Gasteiger partial charge on any atom is 0.0207 e. The maximum atomic E-state index is 5.98. The Bertz CT molecular complexity index is 557. The zero-order valence-corrected chi connectivity index (χ0v) is 13.8. The molecule has 1 unspecified atom stereocenters. The number of rotatable bonds is 5. The van der Waals surface area contributed by atoms with Crippen molar-refractivity contribution in [1.82, 2.24) is 0 Å². The van der Waals surface area contributed by atoms with Gasteiger partial charge in [0.25, 0.3) is 0 Å². The first-order chi connectivity index (χ1) is 9.58. The number of aryl methyl sites for hydroxylation is 2. The Morgan fingerprint density at radius 2 is 1.65 bits per heavy atom. The molecule has 2 rings (SSSR count). The molecular formula is C18H22BrN. The second-order valence-electron chi connectivity index (χ2n) is 5.60. The van der Waals surface area contributed by atoms with Crippen molar-refractivity contribution in [2.24, 2.45) is 11.7 Å². The molecule has 0 radical (unpaired) electrons. The summed E-state index contributed by atoms with van der Waals surface area (Å²) in [4.78, 5) is 0. The lowest BCUT2D eigenvalue weighted by Gasteiger charge is -2.16. The van der Waals surface area contributed by atoms with Crippen LogP contribution in [0.4, 0.5) is 0 Å². The molecule has 2 aromatic carbocycles. The minimum atomic E-state index is 0.481. The lowest BCUT2D eigenvalue weighted by molar-refractivity contribution is 0.532. The van der Waals surface area contributed by atoms with Crippen molar-refractivity contribution in [2.75, 3.05) is 6.54 Å². The molecule has 0 spiro atoms. The number of benzene rings is 2. The van der Waals surface area contributed by atoms with Crippen molar-refractivity contribution in [1.29, 1.82) is 0 Å². The van der Waals surface area contributed by atoms with Gasteiger partial charge in [0.1, 0.15) is 0 Å². The second-order valence-corrected chi connectivity index (χ2v) is 6.45. The van der Waals surface area contributed by atoms with Gasteiger partial charge in [-0.3, -0.25) is 0 Å². The molecule has 20 heavy (non-hydrogen) atoms. The summed E-state index contributed by atoms with van der Waals surface area (Å²) in [6, 6.07) is 15.2. The van der Waals surface area contributed by atoms with Crippen LogP contribution in [0.5, 0.6) is 0 Å². The van der Waals surface area contributed by atoms with Gasteiger partial charge in [-0.05, 0) is 56.3 Å². The highest BCUT2D eigenvalue weighted by Crippen LogP contribution is 2.22. The van der Waals surface area contributed by atoms with Gasteiger partial charge in [0, 0.05) is 4.47 Å². The molecule has 0 aromatic heterocycles. The van der Waals surface area contributed by atoms with Gasteiger partial charge in [-0.2, -0.15) is 0 Å². The first-order valence-corrected chi connectivity index (χ1v) is 7.88. The number of halogens is 1. The predicted octanol–water partition coefficient (Wildman–Crippen LogP) is 4.43. The van der Waals surface area contributed by atoms with E-state index in [1.807, 2.05) is 0 Å². The van der Waals surface area contributed by atoms with E-state index in [-0.39, 0.29) is 0 Å². The molecule has 0 aliphatic carbocycles. The minimum absolute atomic E-state index is 0.481. The van der Waals surface area contributed by atoms with Crippen LogP contribution in [-0.2, 0) is 12.8 Å². The quantitative estimate of drug-likeness (QED) is 0.861. The molecule has 0 aliphatic rings. The molecular weight excluding hydrogens is 310 g/mol. The van der Waals surface area contributed by atoms with Gasteiger partial charge in [-0.1, -0.05) is 63.5 Å². The highest BCUT2D eigenvalue weighted by molar-refractivity contribution is 9.10. The SMILES string of the molecule is Cc1cc(C)cc(CC(CN)Cc2ccccc2Br)c1. The van der Waals surface area contributed by atoms with Crippen molar-refractivity contribution in [3.63, 3.8) is 0 Å². The molecule has 0 saturated heterocycles. The summed E-state index contributed by atoms with van der Waals surface area (Å²) in [7, 11) is 0. The van der Waals surface area contributed by atoms with E-state index >= 15 is 0 Å². The maximum absolute atomic E-state index is 5.98. The molecule has 0 bridgehead atoms. The zero-order chi connectivity index (χ0) is 14.5. The fourth-order valence-corrected chi connectivity index (χ4v) is 3.18. The predicted molar refractivity (Wildman–Crippen MR) is 90.0 cm³/mol. The van der Waals surface area contributed by atoms with Gasteiger partial charge < -0.3 is 5.73 Å². The fraction of sp³-hybridized carbons (Fsp3) is 0.333. The van der Waals surface area contributed by atoms with Crippen LogP contribution >= 0.6 is 15.9 Å². The Balaban J connectivity index is 2.11. The fourth-order valence-electron chi connectivity index (χ4n) is 2.73. The van der Waals surface area contributed by atoms with Crippen LogP contribution in [0.1, 0.15) is 22.3 Å². The van der Waals surface area contributed by atoms with Crippen LogP contribution < -0.4 is 5.73 Å². The Morgan fingerprint density at radius 3 is 2.25 bits per heavy atom. The summed E-state index contributed by atoms with van der Waals surface area (Å²) in [6.07, 6.45) is 2.06. The molecule has 2 heteroatoms. The Labute approximate surface area is 130 Å². The average molecular weight is 332 g/mol. The molecule has 0 fully saturated rings. The summed E-state index contributed by atoms with van der Waals surface area (Å²) < 4.78 is 1.18. The third-order valence-electron chi connectivity index (χ3n) is 3.61. The first-order valence-electron chi connectivity index (χ1n) is 7.09. The second kappa shape index (κ2) is 7.05. The summed E-state index contributed by atoms with van der Waals surface area (Å²) in [5.74, 6) is 0.481. The summed E-state index contributed by atoms with van der Waals surface area (Å²) in [5.41, 5.74) is 11.4. The monoisotopic (exact) mass is 331 g/mol. The average Bonchev–Trinajstić information content (AvgIpc) is 2.39. The van der Waals surface area contributed by atoms with E-state index < -0.39 is 0 Å². The van der Waals surface area contributed by atoms with Crippen LogP contribution in [0.15, 0.2) is 46.9 Å². The van der Waals surface area contributed by atoms with Crippen LogP contribution in [0.25, 0.3) is 0 Å². The van der Waals surface area contributed by atoms with Crippen molar-refractivity contribution in [2.45, 2.75) is 26.7 Å². The smallest absolute Gasteiger partial charge is 0.0207 e. The van der Waals surface area contributed by atoms with Crippen LogP contribution in [0.2, 0.25) is 0 Å². The first kappa shape index (κ1) is 15.3. The Morgan fingerprint density at radius 1 is 1.00 bits per heavy atom. The molecule has 1 atom stereocenters. The standard InChI is InChI=1S/C18H22BrN/c1-13-7-14(2)9-15(8-13)10-16(12-20)11-17-5-3-4-6-18(17)19/h3-9,16H,10-12,20H2,1-2H3. The molecule has 0 aliphatic heterocycles. The van der Waals surface area contributed by atoms with Gasteiger partial charge in [0.15, 0.2) is 0 Å². The highest BCUT2D eigenvalue weighted by atomic mass is 79.9. The third-order valence-corrected chi connectivity index (χ3v) is 4.38. The van der Waals surface area contributed by atoms with E-state index in [4.69, 9.17) is 5.73 Å². The van der Waals surface area contributed by atoms with E-state index in [1.54, 1.807) is 0 Å². The number of hydrogen-bond acceptors (Lipinski definition) is 1. The molecule has 0 amide bonds. The van der Waals surface area contributed by atoms with E-state index in [0.717, 1.165) is 12.8 Å². The van der Waals surface area contributed by atoms with E-state index in [0.29, 0.717) is 12.5 Å². The Hall–Kier alpha value is -1.12. The van der Waals surface area contributed by atoms with Gasteiger partial charge in [0.2, 0.25) is 0 Å². The molecule has 0 saturated carbocycles. The normalized spacial score (nSPS) is 12.4. The summed E-state index contributed by atoms with van der Waals surface area (Å²) in [5, 5.41) is 0. The van der Waals surface area contributed by atoms with Gasteiger partial charge >= 0.3 is 0 Å². The third kappa shape index (κ3) is 4.19. The largest absolute Gasteiger partial charge is 0.330 e. The topological polar surface area (TPSA) is 26.0 Å². The summed E-state index contributed by atoms with van der Waals surface area (Å²) >= 11 is 3.62. The lowest BCUT2D eigenvalue weighted by Crippen LogP contribution is -2.19. The van der Waals surface area contributed by atoms with Crippen molar-refractivity contribution in [3.05, 3.63) is 69.2 Å². The van der Waals surface area contributed by atoms with Crippen molar-refractivity contribution >= 4 is 15.9 Å². The van der Waals surface area contributed by atoms with Crippen LogP contribution in [0.3, 0.4) is 0 Å².